The highest BCUT2D eigenvalue weighted by atomic mass is 14.5. The van der Waals surface area contributed by atoms with Gasteiger partial charge < -0.3 is 5.73 Å². The van der Waals surface area contributed by atoms with E-state index in [0.717, 1.165) is 11.3 Å². The Morgan fingerprint density at radius 2 is 0.800 bits per heavy atom. The van der Waals surface area contributed by atoms with Crippen molar-refractivity contribution in [3.63, 3.8) is 0 Å². The van der Waals surface area contributed by atoms with Crippen LogP contribution in [-0.2, 0) is 0 Å². The topological polar surface area (TPSA) is 26.0 Å². The van der Waals surface area contributed by atoms with E-state index >= 15 is 0 Å². The lowest BCUT2D eigenvalue weighted by atomic mass is 9.97. The molecule has 0 aliphatic carbocycles. The Balaban J connectivity index is 1.67. The summed E-state index contributed by atoms with van der Waals surface area (Å²) in [4.78, 5) is 0. The Bertz CT molecular complexity index is 986. The van der Waals surface area contributed by atoms with Crippen LogP contribution in [0, 0.1) is 0 Å². The summed E-state index contributed by atoms with van der Waals surface area (Å²) < 4.78 is 0. The second-order valence-corrected chi connectivity index (χ2v) is 6.15. The van der Waals surface area contributed by atoms with Crippen molar-refractivity contribution in [3.05, 3.63) is 103 Å². The summed E-state index contributed by atoms with van der Waals surface area (Å²) in [7, 11) is 0. The van der Waals surface area contributed by atoms with E-state index in [9.17, 15) is 0 Å². The highest BCUT2D eigenvalue weighted by molar-refractivity contribution is 5.76. The normalized spacial score (nSPS) is 10.6. The first-order chi connectivity index (χ1) is 12.3. The molecule has 25 heavy (non-hydrogen) atoms. The highest BCUT2D eigenvalue weighted by Gasteiger charge is 2.03. The van der Waals surface area contributed by atoms with E-state index in [1.54, 1.807) is 0 Å². The van der Waals surface area contributed by atoms with Gasteiger partial charge in [-0.25, -0.2) is 0 Å². The molecule has 4 aromatic carbocycles. The van der Waals surface area contributed by atoms with E-state index < -0.39 is 0 Å². The van der Waals surface area contributed by atoms with Crippen LogP contribution in [-0.4, -0.2) is 0 Å². The van der Waals surface area contributed by atoms with Gasteiger partial charge in [-0.2, -0.15) is 0 Å². The Morgan fingerprint density at radius 1 is 0.360 bits per heavy atom. The first-order valence-electron chi connectivity index (χ1n) is 8.41. The molecule has 0 bridgehead atoms. The van der Waals surface area contributed by atoms with E-state index in [1.165, 1.54) is 27.8 Å². The van der Waals surface area contributed by atoms with Crippen LogP contribution in [0.1, 0.15) is 0 Å². The van der Waals surface area contributed by atoms with Gasteiger partial charge in [0.2, 0.25) is 0 Å². The van der Waals surface area contributed by atoms with Gasteiger partial charge in [0.1, 0.15) is 0 Å². The average molecular weight is 321 g/mol. The third-order valence-corrected chi connectivity index (χ3v) is 4.41. The van der Waals surface area contributed by atoms with Gasteiger partial charge in [0.25, 0.3) is 0 Å². The number of hydrogen-bond donors (Lipinski definition) is 1. The second kappa shape index (κ2) is 6.66. The molecule has 0 aliphatic rings. The first kappa shape index (κ1) is 15.2. The molecule has 1 nitrogen and oxygen atoms in total. The highest BCUT2D eigenvalue weighted by Crippen LogP contribution is 2.29. The van der Waals surface area contributed by atoms with Gasteiger partial charge in [0, 0.05) is 5.69 Å². The van der Waals surface area contributed by atoms with Crippen molar-refractivity contribution in [2.75, 3.05) is 5.73 Å². The molecule has 0 fully saturated rings. The number of nitrogen functional groups attached to an aromatic ring is 1. The van der Waals surface area contributed by atoms with Gasteiger partial charge >= 0.3 is 0 Å². The van der Waals surface area contributed by atoms with Crippen LogP contribution in [0.3, 0.4) is 0 Å². The molecule has 0 saturated carbocycles. The van der Waals surface area contributed by atoms with Crippen LogP contribution >= 0.6 is 0 Å². The van der Waals surface area contributed by atoms with E-state index in [1.807, 2.05) is 24.3 Å². The van der Waals surface area contributed by atoms with Crippen LogP contribution in [0.25, 0.3) is 33.4 Å². The van der Waals surface area contributed by atoms with Crippen molar-refractivity contribution in [1.82, 2.24) is 0 Å². The van der Waals surface area contributed by atoms with Crippen LogP contribution < -0.4 is 5.73 Å². The number of rotatable bonds is 3. The number of nitrogens with two attached hydrogens (primary N) is 1. The lowest BCUT2D eigenvalue weighted by Crippen LogP contribution is -1.86. The smallest absolute Gasteiger partial charge is 0.0320 e. The monoisotopic (exact) mass is 321 g/mol. The summed E-state index contributed by atoms with van der Waals surface area (Å²) in [6, 6.07) is 35.8. The second-order valence-electron chi connectivity index (χ2n) is 6.15. The molecule has 0 unspecified atom stereocenters. The van der Waals surface area contributed by atoms with Crippen LogP contribution in [0.4, 0.5) is 5.69 Å². The fourth-order valence-corrected chi connectivity index (χ4v) is 3.08. The molecule has 0 atom stereocenters. The van der Waals surface area contributed by atoms with Gasteiger partial charge in [-0.3, -0.25) is 0 Å². The number of hydrogen-bond acceptors (Lipinski definition) is 1. The maximum absolute atomic E-state index is 5.92. The molecule has 2 N–H and O–H groups in total. The van der Waals surface area contributed by atoms with E-state index in [4.69, 9.17) is 5.73 Å². The minimum Gasteiger partial charge on any atom is -0.399 e. The van der Waals surface area contributed by atoms with E-state index in [-0.39, 0.29) is 0 Å². The van der Waals surface area contributed by atoms with Gasteiger partial charge in [-0.1, -0.05) is 84.9 Å². The molecule has 4 rings (SSSR count). The van der Waals surface area contributed by atoms with Crippen molar-refractivity contribution in [3.8, 4) is 33.4 Å². The van der Waals surface area contributed by atoms with Crippen LogP contribution in [0.5, 0.6) is 0 Å². The molecule has 120 valence electrons. The van der Waals surface area contributed by atoms with Crippen molar-refractivity contribution < 1.29 is 0 Å². The maximum atomic E-state index is 5.92. The third kappa shape index (κ3) is 3.31. The summed E-state index contributed by atoms with van der Waals surface area (Å²) >= 11 is 0. The summed E-state index contributed by atoms with van der Waals surface area (Å²) in [6.45, 7) is 0. The van der Waals surface area contributed by atoms with E-state index in [2.05, 4.69) is 78.9 Å². The molecule has 0 saturated heterocycles. The molecule has 0 heterocycles. The Hall–Kier alpha value is -3.32. The van der Waals surface area contributed by atoms with Gasteiger partial charge in [-0.15, -0.1) is 0 Å². The molecule has 4 aromatic rings. The molecule has 0 radical (unpaired) electrons. The third-order valence-electron chi connectivity index (χ3n) is 4.41. The zero-order valence-corrected chi connectivity index (χ0v) is 13.9. The number of benzene rings is 4. The summed E-state index contributed by atoms with van der Waals surface area (Å²) in [5, 5.41) is 0. The minimum absolute atomic E-state index is 0.787. The molecular weight excluding hydrogens is 302 g/mol. The molecule has 0 amide bonds. The summed E-state index contributed by atoms with van der Waals surface area (Å²) in [6.07, 6.45) is 0. The molecule has 0 spiro atoms. The largest absolute Gasteiger partial charge is 0.399 e. The van der Waals surface area contributed by atoms with Gasteiger partial charge in [0.15, 0.2) is 0 Å². The summed E-state index contributed by atoms with van der Waals surface area (Å²) in [5.41, 5.74) is 13.9. The number of anilines is 1. The quantitative estimate of drug-likeness (QED) is 0.442. The standard InChI is InChI=1S/C24H19N/c25-24-11-5-10-23(17-24)22-9-4-8-21(16-22)20-14-12-19(13-15-20)18-6-2-1-3-7-18/h1-17H,25H2. The fourth-order valence-electron chi connectivity index (χ4n) is 3.08. The Morgan fingerprint density at radius 3 is 1.44 bits per heavy atom. The average Bonchev–Trinajstić information content (AvgIpc) is 2.69. The minimum atomic E-state index is 0.787. The van der Waals surface area contributed by atoms with Crippen LogP contribution in [0.15, 0.2) is 103 Å². The van der Waals surface area contributed by atoms with Gasteiger partial charge in [-0.05, 0) is 51.6 Å². The first-order valence-corrected chi connectivity index (χ1v) is 8.41. The summed E-state index contributed by atoms with van der Waals surface area (Å²) in [5.74, 6) is 0. The molecule has 0 aliphatic heterocycles. The predicted molar refractivity (Wildman–Crippen MR) is 107 cm³/mol. The zero-order chi connectivity index (χ0) is 17.1. The van der Waals surface area contributed by atoms with Crippen molar-refractivity contribution in [1.29, 1.82) is 0 Å². The lowest BCUT2D eigenvalue weighted by molar-refractivity contribution is 1.57. The SMILES string of the molecule is Nc1cccc(-c2cccc(-c3ccc(-c4ccccc4)cc3)c2)c1. The molecular formula is C24H19N. The van der Waals surface area contributed by atoms with Crippen molar-refractivity contribution in [2.45, 2.75) is 0 Å². The van der Waals surface area contributed by atoms with Crippen molar-refractivity contribution in [2.24, 2.45) is 0 Å². The molecule has 1 heteroatoms. The Kier molecular flexibility index (Phi) is 4.05. The maximum Gasteiger partial charge on any atom is 0.0320 e. The van der Waals surface area contributed by atoms with E-state index in [0.29, 0.717) is 0 Å². The zero-order valence-electron chi connectivity index (χ0n) is 13.9. The van der Waals surface area contributed by atoms with Crippen LogP contribution in [0.2, 0.25) is 0 Å². The predicted octanol–water partition coefficient (Wildman–Crippen LogP) is 6.27. The fraction of sp³-hybridized carbons (Fsp3) is 0. The van der Waals surface area contributed by atoms with Crippen molar-refractivity contribution >= 4 is 5.69 Å². The van der Waals surface area contributed by atoms with Gasteiger partial charge in [0.05, 0.1) is 0 Å². The Labute approximate surface area is 148 Å². The molecule has 0 aromatic heterocycles. The lowest BCUT2D eigenvalue weighted by Gasteiger charge is -2.08.